The number of nitrogens with one attached hydrogen (secondary N) is 14. The molecule has 0 bridgehead atoms. The summed E-state index contributed by atoms with van der Waals surface area (Å²) in [7, 11) is 0. The topological polar surface area (TPSA) is 590 Å². The molecule has 36 nitrogen and oxygen atoms in total. The number of aliphatic carboxylic acids is 2. The lowest BCUT2D eigenvalue weighted by Crippen LogP contribution is -2.61. The van der Waals surface area contributed by atoms with E-state index in [-0.39, 0.29) is 93.9 Å². The lowest BCUT2D eigenvalue weighted by Gasteiger charge is -2.29. The van der Waals surface area contributed by atoms with Crippen molar-refractivity contribution in [2.45, 2.75) is 258 Å². The molecule has 14 amide bonds. The van der Waals surface area contributed by atoms with Crippen molar-refractivity contribution < 1.29 is 86.9 Å². The number of amides is 14. The van der Waals surface area contributed by atoms with Crippen molar-refractivity contribution in [3.8, 4) is 0 Å². The summed E-state index contributed by atoms with van der Waals surface area (Å²) in [5.74, 6) is -16.6. The first-order valence-electron chi connectivity index (χ1n) is 39.5. The third kappa shape index (κ3) is 37.6. The van der Waals surface area contributed by atoms with Gasteiger partial charge < -0.3 is 107 Å². The third-order valence-corrected chi connectivity index (χ3v) is 20.2. The molecule has 1 aromatic carbocycles. The molecule has 2 aromatic rings. The Morgan fingerprint density at radius 2 is 0.783 bits per heavy atom. The van der Waals surface area contributed by atoms with Crippen molar-refractivity contribution >= 4 is 129 Å². The number of para-hydroxylation sites is 1. The van der Waals surface area contributed by atoms with Crippen molar-refractivity contribution in [2.75, 3.05) is 43.7 Å². The molecule has 1 aromatic heterocycles. The van der Waals surface area contributed by atoms with Gasteiger partial charge in [-0.25, -0.2) is 0 Å². The molecule has 38 heteroatoms. The van der Waals surface area contributed by atoms with Gasteiger partial charge in [-0.2, -0.15) is 23.5 Å². The molecule has 2 rings (SSSR count). The lowest BCUT2D eigenvalue weighted by molar-refractivity contribution is -0.142. The van der Waals surface area contributed by atoms with Gasteiger partial charge in [0.2, 0.25) is 82.7 Å². The van der Waals surface area contributed by atoms with E-state index in [4.69, 9.17) is 22.9 Å². The monoisotopic (exact) mass is 1660 g/mol. The molecule has 0 spiro atoms. The Labute approximate surface area is 682 Å². The first kappa shape index (κ1) is 102. The Balaban J connectivity index is 2.44. The van der Waals surface area contributed by atoms with Gasteiger partial charge in [-0.15, -0.1) is 0 Å². The summed E-state index contributed by atoms with van der Waals surface area (Å²) in [5, 5.41) is 54.3. The molecule has 0 saturated heterocycles. The van der Waals surface area contributed by atoms with Crippen LogP contribution in [0.2, 0.25) is 0 Å². The van der Waals surface area contributed by atoms with Gasteiger partial charge in [0, 0.05) is 23.5 Å². The summed E-state index contributed by atoms with van der Waals surface area (Å²) in [6.45, 7) is 20.4. The largest absolute Gasteiger partial charge is 0.481 e. The third-order valence-electron chi connectivity index (χ3n) is 18.9. The normalized spacial score (nSPS) is 15.1. The zero-order chi connectivity index (χ0) is 86.9. The van der Waals surface area contributed by atoms with E-state index in [0.717, 1.165) is 0 Å². The minimum atomic E-state index is -1.78. The second-order valence-corrected chi connectivity index (χ2v) is 32.9. The molecule has 14 atom stereocenters. The average Bonchev–Trinajstić information content (AvgIpc) is 1.71. The highest BCUT2D eigenvalue weighted by atomic mass is 32.2. The predicted molar refractivity (Wildman–Crippen MR) is 439 cm³/mol. The van der Waals surface area contributed by atoms with Crippen molar-refractivity contribution in [3.05, 3.63) is 36.0 Å². The summed E-state index contributed by atoms with van der Waals surface area (Å²) >= 11 is 2.65. The molecule has 0 fully saturated rings. The maximum atomic E-state index is 14.7. The van der Waals surface area contributed by atoms with Gasteiger partial charge in [0.1, 0.15) is 72.5 Å². The number of carboxylic acid groups (broad SMARTS) is 2. The number of benzene rings is 1. The van der Waals surface area contributed by atoms with Gasteiger partial charge in [0.15, 0.2) is 0 Å². The number of rotatable bonds is 57. The summed E-state index contributed by atoms with van der Waals surface area (Å²) in [5.41, 5.74) is 24.6. The molecule has 1 heterocycles. The Morgan fingerprint density at radius 3 is 1.22 bits per heavy atom. The lowest BCUT2D eigenvalue weighted by atomic mass is 9.98. The van der Waals surface area contributed by atoms with Crippen LogP contribution in [-0.2, 0) is 83.1 Å². The SMILES string of the molecule is CC[C@H](C)[C@H](N)C(=O)N[C@@H](CC(=O)O)C(=O)N[C@@H](Cc1c[nH]c2ccccc12)C(=O)N[C@@H](CC(C)C)C(=O)N[C@@H](CCCCN)C(=O)N[C@@H](CC(C)C)C(=O)NCC(=O)N[C@@H](CCCCN)C(=O)N[C@@H](CCSC)C(=O)N[C@H](C(=O)N[C@@H](CCSC)C(=O)N[C@@H](CC(=O)O)C(=O)N[C@H](C(=O)N[C@@H](CC(C)C)C(N)=O)C(C)C)C(C)C. The molecule has 0 unspecified atom stereocenters. The number of hydrogen-bond acceptors (Lipinski definition) is 21. The van der Waals surface area contributed by atoms with Crippen LogP contribution in [0, 0.1) is 35.5 Å². The Hall–Kier alpha value is -9.14. The molecule has 24 N–H and O–H groups in total. The second-order valence-electron chi connectivity index (χ2n) is 30.9. The fraction of sp³-hybridized carbons (Fsp3) is 0.688. The number of aromatic nitrogens is 1. The Kier molecular flexibility index (Phi) is 47.1. The number of carbonyl (C=O) groups excluding carboxylic acids is 14. The number of hydrogen-bond donors (Lipinski definition) is 20. The fourth-order valence-corrected chi connectivity index (χ4v) is 13.1. The van der Waals surface area contributed by atoms with Crippen molar-refractivity contribution in [3.63, 3.8) is 0 Å². The van der Waals surface area contributed by atoms with Gasteiger partial charge in [-0.1, -0.05) is 108 Å². The minimum Gasteiger partial charge on any atom is -0.481 e. The molecule has 0 radical (unpaired) electrons. The molecule has 648 valence electrons. The highest BCUT2D eigenvalue weighted by molar-refractivity contribution is 7.98. The summed E-state index contributed by atoms with van der Waals surface area (Å²) in [6, 6.07) is -10.7. The van der Waals surface area contributed by atoms with E-state index in [1.165, 1.54) is 23.5 Å². The summed E-state index contributed by atoms with van der Waals surface area (Å²) in [6.07, 6.45) is 5.29. The second kappa shape index (κ2) is 53.2. The van der Waals surface area contributed by atoms with Gasteiger partial charge in [-0.05, 0) is 155 Å². The van der Waals surface area contributed by atoms with Crippen molar-refractivity contribution in [1.29, 1.82) is 0 Å². The smallest absolute Gasteiger partial charge is 0.305 e. The number of fused-ring (bicyclic) bond motifs is 1. The van der Waals surface area contributed by atoms with E-state index in [1.807, 2.05) is 13.8 Å². The van der Waals surface area contributed by atoms with Crippen LogP contribution in [-0.4, -0.2) is 232 Å². The first-order valence-corrected chi connectivity index (χ1v) is 42.2. The van der Waals surface area contributed by atoms with Crippen LogP contribution in [0.15, 0.2) is 30.5 Å². The molecule has 0 aliphatic heterocycles. The molecular weight excluding hydrogens is 1530 g/mol. The molecule has 115 heavy (non-hydrogen) atoms. The van der Waals surface area contributed by atoms with Crippen molar-refractivity contribution in [1.82, 2.24) is 74.1 Å². The van der Waals surface area contributed by atoms with Crippen LogP contribution in [0.25, 0.3) is 10.9 Å². The van der Waals surface area contributed by atoms with Gasteiger partial charge in [0.25, 0.3) is 0 Å². The molecule has 0 aliphatic carbocycles. The van der Waals surface area contributed by atoms with Gasteiger partial charge in [-0.3, -0.25) is 76.7 Å². The number of H-pyrrole nitrogens is 1. The van der Waals surface area contributed by atoms with Crippen LogP contribution < -0.4 is 92.1 Å². The standard InChI is InChI=1S/C77H130N18O18S2/c1-15-45(12)62(80)75(111)93-57(36-60(97)98)73(109)91-56(35-46-38-82-48-23-17-16-22-47(46)48)72(108)90-55(34-42(6)7)71(107)85-50(25-19-21-29-79)68(104)89-54(33-41(4)5)66(102)83-39-59(96)84-49(24-18-20-28-78)67(103)86-52(27-31-115-14)70(106)94-63(43(8)9)76(112)87-51(26-30-114-13)69(105)92-58(37-61(99)100)74(110)95-64(44(10)11)77(113)88-53(65(81)101)32-40(2)3/h16-17,22-23,38,40-45,49-58,62-64,82H,15,18-21,24-37,39,78-80H2,1-14H3,(H2,81,101)(H,83,102)(H,84,96)(H,85,107)(H,86,103)(H,87,112)(H,88,113)(H,89,104)(H,90,108)(H,91,109)(H,92,105)(H,93,111)(H,94,106)(H,95,110)(H,97,98)(H,99,100)/t45-,49-,50-,51-,52-,53-,54-,55-,56-,57-,58-,62-,63-,64-/m0/s1. The number of unbranched alkanes of at least 4 members (excludes halogenated alkanes) is 2. The van der Waals surface area contributed by atoms with Gasteiger partial charge in [0.05, 0.1) is 25.4 Å². The number of carboxylic acids is 2. The highest BCUT2D eigenvalue weighted by Gasteiger charge is 2.39. The maximum Gasteiger partial charge on any atom is 0.305 e. The number of nitrogens with two attached hydrogens (primary N) is 4. The summed E-state index contributed by atoms with van der Waals surface area (Å²) < 4.78 is 0. The van der Waals surface area contributed by atoms with E-state index in [9.17, 15) is 86.9 Å². The number of primary amides is 1. The number of thioether (sulfide) groups is 2. The summed E-state index contributed by atoms with van der Waals surface area (Å²) in [4.78, 5) is 224. The number of carbonyl (C=O) groups is 16. The van der Waals surface area contributed by atoms with Crippen LogP contribution in [0.5, 0.6) is 0 Å². The molecule has 0 saturated carbocycles. The van der Waals surface area contributed by atoms with Crippen molar-refractivity contribution in [2.24, 2.45) is 58.4 Å². The van der Waals surface area contributed by atoms with Crippen LogP contribution in [0.4, 0.5) is 0 Å². The van der Waals surface area contributed by atoms with E-state index in [1.54, 1.807) is 112 Å². The van der Waals surface area contributed by atoms with E-state index in [2.05, 4.69) is 74.1 Å². The van der Waals surface area contributed by atoms with Crippen LogP contribution >= 0.6 is 23.5 Å². The first-order chi connectivity index (χ1) is 54.1. The fourth-order valence-electron chi connectivity index (χ4n) is 12.2. The average molecular weight is 1660 g/mol. The maximum absolute atomic E-state index is 14.7. The van der Waals surface area contributed by atoms with Gasteiger partial charge >= 0.3 is 11.9 Å². The van der Waals surface area contributed by atoms with E-state index in [0.29, 0.717) is 54.3 Å². The van der Waals surface area contributed by atoms with Crippen LogP contribution in [0.3, 0.4) is 0 Å². The predicted octanol–water partition coefficient (Wildman–Crippen LogP) is -0.333. The molecular formula is C77H130N18O18S2. The minimum absolute atomic E-state index is 0.00395. The highest BCUT2D eigenvalue weighted by Crippen LogP contribution is 2.21. The Bertz CT molecular complexity index is 3550. The zero-order valence-corrected chi connectivity index (χ0v) is 70.7. The zero-order valence-electron chi connectivity index (χ0n) is 69.1. The number of aromatic amines is 1. The molecule has 0 aliphatic rings. The quantitative estimate of drug-likeness (QED) is 0.0377. The van der Waals surface area contributed by atoms with Crippen LogP contribution in [0.1, 0.15) is 179 Å². The van der Waals surface area contributed by atoms with E-state index >= 15 is 0 Å². The Morgan fingerprint density at radius 1 is 0.426 bits per heavy atom. The van der Waals surface area contributed by atoms with E-state index < -0.39 is 204 Å².